The Morgan fingerprint density at radius 3 is 2.04 bits per heavy atom. The molecule has 3 aromatic heterocycles. The third-order valence-electron chi connectivity index (χ3n) is 8.08. The Morgan fingerprint density at radius 2 is 1.47 bits per heavy atom. The van der Waals surface area contributed by atoms with Gasteiger partial charge in [-0.2, -0.15) is 8.78 Å². The second-order valence-electron chi connectivity index (χ2n) is 11.0. The highest BCUT2D eigenvalue weighted by atomic mass is 19.3. The summed E-state index contributed by atoms with van der Waals surface area (Å²) in [5.41, 5.74) is -1.95. The first-order valence-corrected chi connectivity index (χ1v) is 14.5. The molecule has 2 N–H and O–H groups in total. The highest BCUT2D eigenvalue weighted by Crippen LogP contribution is 2.47. The zero-order valence-electron chi connectivity index (χ0n) is 24.6. The zero-order valence-corrected chi connectivity index (χ0v) is 24.6. The van der Waals surface area contributed by atoms with Gasteiger partial charge in [-0.3, -0.25) is 4.98 Å². The van der Waals surface area contributed by atoms with E-state index in [1.807, 2.05) is 24.3 Å². The molecule has 1 aliphatic heterocycles. The summed E-state index contributed by atoms with van der Waals surface area (Å²) in [5.74, 6) is -6.48. The SMILES string of the molecule is OC(CF)c1ncc(N2CCN(c3ccc(-c4ccc(C(F)(F)[C@](O)(Cn5cnnn5)c5ccc(F)cc5F)nc4)cc3)CC2)cn1. The van der Waals surface area contributed by atoms with Gasteiger partial charge in [0.25, 0.3) is 0 Å². The highest BCUT2D eigenvalue weighted by molar-refractivity contribution is 5.66. The summed E-state index contributed by atoms with van der Waals surface area (Å²) in [6, 6.07) is 11.9. The van der Waals surface area contributed by atoms with Crippen molar-refractivity contribution in [3.8, 4) is 11.1 Å². The quantitative estimate of drug-likeness (QED) is 0.215. The smallest absolute Gasteiger partial charge is 0.323 e. The summed E-state index contributed by atoms with van der Waals surface area (Å²) in [4.78, 5) is 16.3. The van der Waals surface area contributed by atoms with E-state index in [0.29, 0.717) is 43.4 Å². The lowest BCUT2D eigenvalue weighted by molar-refractivity contribution is -0.207. The van der Waals surface area contributed by atoms with Crippen LogP contribution in [0.5, 0.6) is 0 Å². The van der Waals surface area contributed by atoms with E-state index in [-0.39, 0.29) is 5.82 Å². The molecule has 11 nitrogen and oxygen atoms in total. The number of anilines is 2. The maximum atomic E-state index is 16.1. The van der Waals surface area contributed by atoms with Crippen molar-refractivity contribution in [1.29, 1.82) is 0 Å². The minimum absolute atomic E-state index is 0.0383. The summed E-state index contributed by atoms with van der Waals surface area (Å²) in [6.07, 6.45) is 4.01. The monoisotopic (exact) mass is 653 g/mol. The second-order valence-corrected chi connectivity index (χ2v) is 11.0. The number of nitrogens with zero attached hydrogens (tertiary/aromatic N) is 9. The number of aromatic nitrogens is 7. The van der Waals surface area contributed by atoms with Crippen molar-refractivity contribution in [3.63, 3.8) is 0 Å². The van der Waals surface area contributed by atoms with Crippen molar-refractivity contribution < 1.29 is 32.2 Å². The van der Waals surface area contributed by atoms with E-state index >= 15 is 8.78 Å². The molecule has 0 bridgehead atoms. The number of hydrogen-bond acceptors (Lipinski definition) is 10. The predicted octanol–water partition coefficient (Wildman–Crippen LogP) is 3.81. The van der Waals surface area contributed by atoms with Gasteiger partial charge >= 0.3 is 5.92 Å². The first-order chi connectivity index (χ1) is 22.6. The Kier molecular flexibility index (Phi) is 8.79. The van der Waals surface area contributed by atoms with E-state index in [4.69, 9.17) is 0 Å². The van der Waals surface area contributed by atoms with Crippen LogP contribution in [-0.2, 0) is 18.1 Å². The number of pyridine rings is 1. The molecule has 2 atom stereocenters. The van der Waals surface area contributed by atoms with E-state index in [9.17, 15) is 23.4 Å². The van der Waals surface area contributed by atoms with Crippen molar-refractivity contribution >= 4 is 11.4 Å². The molecule has 0 aliphatic carbocycles. The van der Waals surface area contributed by atoms with Gasteiger partial charge in [0, 0.05) is 55.3 Å². The number of benzene rings is 2. The van der Waals surface area contributed by atoms with Gasteiger partial charge < -0.3 is 20.0 Å². The van der Waals surface area contributed by atoms with Crippen molar-refractivity contribution in [2.75, 3.05) is 42.7 Å². The van der Waals surface area contributed by atoms with Crippen LogP contribution in [0.2, 0.25) is 0 Å². The Morgan fingerprint density at radius 1 is 0.809 bits per heavy atom. The molecule has 4 heterocycles. The largest absolute Gasteiger partial charge is 0.382 e. The van der Waals surface area contributed by atoms with Crippen LogP contribution in [0.3, 0.4) is 0 Å². The van der Waals surface area contributed by atoms with Gasteiger partial charge in [0.1, 0.15) is 36.4 Å². The minimum Gasteiger partial charge on any atom is -0.382 e. The van der Waals surface area contributed by atoms with E-state index in [0.717, 1.165) is 40.6 Å². The van der Waals surface area contributed by atoms with Gasteiger partial charge in [0.2, 0.25) is 0 Å². The molecule has 1 fully saturated rings. The molecule has 1 aliphatic rings. The minimum atomic E-state index is -4.16. The Balaban J connectivity index is 1.15. The lowest BCUT2D eigenvalue weighted by Gasteiger charge is -2.37. The van der Waals surface area contributed by atoms with Crippen molar-refractivity contribution in [2.45, 2.75) is 24.2 Å². The molecule has 5 aromatic rings. The normalized spacial score (nSPS) is 15.8. The number of tetrazole rings is 1. The zero-order chi connectivity index (χ0) is 33.2. The molecule has 0 saturated carbocycles. The molecule has 244 valence electrons. The number of aliphatic hydroxyl groups excluding tert-OH is 1. The second kappa shape index (κ2) is 13.0. The van der Waals surface area contributed by atoms with Crippen LogP contribution >= 0.6 is 0 Å². The number of hydrogen-bond donors (Lipinski definition) is 2. The lowest BCUT2D eigenvalue weighted by Crippen LogP contribution is -2.48. The van der Waals surface area contributed by atoms with Crippen LogP contribution < -0.4 is 9.80 Å². The van der Waals surface area contributed by atoms with Gasteiger partial charge in [-0.15, -0.1) is 5.10 Å². The van der Waals surface area contributed by atoms with E-state index < -0.39 is 53.7 Å². The molecule has 0 radical (unpaired) electrons. The molecular weight excluding hydrogens is 625 g/mol. The van der Waals surface area contributed by atoms with Crippen LogP contribution in [-0.4, -0.2) is 78.2 Å². The maximum Gasteiger partial charge on any atom is 0.323 e. The van der Waals surface area contributed by atoms with E-state index in [2.05, 4.69) is 40.3 Å². The number of halogens is 5. The van der Waals surface area contributed by atoms with Gasteiger partial charge in [-0.1, -0.05) is 18.2 Å². The predicted molar refractivity (Wildman–Crippen MR) is 159 cm³/mol. The molecular formula is C31H28F5N9O2. The van der Waals surface area contributed by atoms with Crippen LogP contribution in [0.25, 0.3) is 11.1 Å². The summed E-state index contributed by atoms with van der Waals surface area (Å²) in [6.45, 7) is 0.849. The van der Waals surface area contributed by atoms with Crippen LogP contribution in [0.1, 0.15) is 23.2 Å². The molecule has 47 heavy (non-hydrogen) atoms. The average Bonchev–Trinajstić information content (AvgIpc) is 3.61. The summed E-state index contributed by atoms with van der Waals surface area (Å²) in [5, 5.41) is 31.2. The third kappa shape index (κ3) is 6.33. The molecule has 16 heteroatoms. The third-order valence-corrected chi connectivity index (χ3v) is 8.08. The fourth-order valence-electron chi connectivity index (χ4n) is 5.45. The van der Waals surface area contributed by atoms with Crippen molar-refractivity contribution in [3.05, 3.63) is 108 Å². The number of aliphatic hydroxyl groups is 2. The summed E-state index contributed by atoms with van der Waals surface area (Å²) >= 11 is 0. The highest BCUT2D eigenvalue weighted by Gasteiger charge is 2.58. The van der Waals surface area contributed by atoms with Crippen LogP contribution in [0.4, 0.5) is 33.3 Å². The van der Waals surface area contributed by atoms with Gasteiger partial charge in [0.05, 0.1) is 24.6 Å². The van der Waals surface area contributed by atoms with Gasteiger partial charge in [-0.25, -0.2) is 27.8 Å². The van der Waals surface area contributed by atoms with Crippen LogP contribution in [0, 0.1) is 11.6 Å². The molecule has 0 amide bonds. The van der Waals surface area contributed by atoms with E-state index in [1.54, 1.807) is 12.4 Å². The maximum absolute atomic E-state index is 16.1. The van der Waals surface area contributed by atoms with Gasteiger partial charge in [-0.05, 0) is 46.3 Å². The fourth-order valence-corrected chi connectivity index (χ4v) is 5.45. The molecule has 0 spiro atoms. The Hall–Kier alpha value is -5.09. The molecule has 6 rings (SSSR count). The summed E-state index contributed by atoms with van der Waals surface area (Å²) in [7, 11) is 0. The first-order valence-electron chi connectivity index (χ1n) is 14.5. The van der Waals surface area contributed by atoms with Crippen molar-refractivity contribution in [1.82, 2.24) is 35.2 Å². The first kappa shape index (κ1) is 31.9. The van der Waals surface area contributed by atoms with Crippen molar-refractivity contribution in [2.24, 2.45) is 0 Å². The van der Waals surface area contributed by atoms with Crippen LogP contribution in [0.15, 0.2) is 79.5 Å². The number of alkyl halides is 3. The number of rotatable bonds is 10. The lowest BCUT2D eigenvalue weighted by atomic mass is 9.84. The van der Waals surface area contributed by atoms with Gasteiger partial charge in [0.15, 0.2) is 11.4 Å². The number of piperazine rings is 1. The topological polar surface area (TPSA) is 129 Å². The fraction of sp³-hybridized carbons (Fsp3) is 0.290. The molecule has 1 unspecified atom stereocenters. The summed E-state index contributed by atoms with van der Waals surface area (Å²) < 4.78 is 74.0. The standard InChI is InChI=1S/C31H28F5N9O2/c32-14-27(46)29-38-16-24(17-39-29)44-11-9-43(10-12-44)23-5-1-20(2-6-23)21-3-8-28(37-15-21)31(35,36)30(47,18-45-19-40-41-42-45)25-7-4-22(33)13-26(25)34/h1-8,13,15-17,19,27,46-47H,9-12,14,18H2/t27?,30-/m0/s1. The molecule has 2 aromatic carbocycles. The Bertz CT molecular complexity index is 1790. The average molecular weight is 654 g/mol. The van der Waals surface area contributed by atoms with E-state index in [1.165, 1.54) is 12.3 Å². The Labute approximate surface area is 265 Å². The molecule has 1 saturated heterocycles.